The van der Waals surface area contributed by atoms with Crippen molar-refractivity contribution in [3.05, 3.63) is 27.2 Å². The third kappa shape index (κ3) is 3.13. The molecule has 0 atom stereocenters. The molecule has 1 rings (SSSR count). The van der Waals surface area contributed by atoms with Gasteiger partial charge in [0.05, 0.1) is 15.1 Å². The number of halogens is 3. The van der Waals surface area contributed by atoms with Crippen LogP contribution in [0, 0.1) is 0 Å². The topological polar surface area (TPSA) is 54.4 Å². The Hall–Kier alpha value is 0.766. The normalized spacial score (nSPS) is 10.9. The van der Waals surface area contributed by atoms with Crippen LogP contribution in [0.15, 0.2) is 17.0 Å². The van der Waals surface area contributed by atoms with E-state index >= 15 is 0 Å². The van der Waals surface area contributed by atoms with Crippen molar-refractivity contribution in [3.8, 4) is 0 Å². The molecule has 3 nitrogen and oxygen atoms in total. The second kappa shape index (κ2) is 5.20. The van der Waals surface area contributed by atoms with E-state index in [0.29, 0.717) is 0 Å². The van der Waals surface area contributed by atoms with Crippen molar-refractivity contribution in [3.63, 3.8) is 0 Å². The van der Waals surface area contributed by atoms with Gasteiger partial charge in [0.1, 0.15) is 4.90 Å². The van der Waals surface area contributed by atoms with Crippen molar-refractivity contribution < 1.29 is 15.8 Å². The molecular formula is C6H5Cl3MgO3S. The van der Waals surface area contributed by atoms with Crippen LogP contribution in [0.3, 0.4) is 0 Å². The maximum Gasteiger partial charge on any atom is 2.00 e. The average molecular weight is 288 g/mol. The molecule has 76 valence electrons. The fraction of sp³-hybridized carbons (Fsp3) is 0. The SMILES string of the molecule is O=S(=O)(O)c1ccc(Cl)c(Cl)c1Cl.[H-].[H-].[Mg+2]. The van der Waals surface area contributed by atoms with E-state index < -0.39 is 15.0 Å². The van der Waals surface area contributed by atoms with E-state index in [4.69, 9.17) is 39.4 Å². The van der Waals surface area contributed by atoms with Crippen LogP contribution in [0.2, 0.25) is 15.1 Å². The largest absolute Gasteiger partial charge is 2.00 e. The predicted molar refractivity (Wildman–Crippen MR) is 59.3 cm³/mol. The molecule has 0 saturated heterocycles. The number of hydrogen-bond donors (Lipinski definition) is 1. The van der Waals surface area contributed by atoms with Gasteiger partial charge in [-0.15, -0.1) is 0 Å². The summed E-state index contributed by atoms with van der Waals surface area (Å²) in [7, 11) is -4.35. The van der Waals surface area contributed by atoms with E-state index in [1.807, 2.05) is 0 Å². The van der Waals surface area contributed by atoms with Crippen LogP contribution in [0.25, 0.3) is 0 Å². The minimum Gasteiger partial charge on any atom is -1.00 e. The Balaban J connectivity index is -0.000000563. The van der Waals surface area contributed by atoms with Gasteiger partial charge in [-0.2, -0.15) is 8.42 Å². The summed E-state index contributed by atoms with van der Waals surface area (Å²) in [5.74, 6) is 0. The van der Waals surface area contributed by atoms with Crippen LogP contribution < -0.4 is 0 Å². The molecule has 14 heavy (non-hydrogen) atoms. The van der Waals surface area contributed by atoms with Gasteiger partial charge in [-0.3, -0.25) is 4.55 Å². The maximum atomic E-state index is 10.7. The first-order chi connectivity index (χ1) is 5.84. The van der Waals surface area contributed by atoms with Crippen molar-refractivity contribution in [2.75, 3.05) is 0 Å². The predicted octanol–water partition coefficient (Wildman–Crippen LogP) is 2.74. The molecule has 1 aromatic carbocycles. The van der Waals surface area contributed by atoms with E-state index in [2.05, 4.69) is 0 Å². The Morgan fingerprint density at radius 1 is 1.14 bits per heavy atom. The Kier molecular flexibility index (Phi) is 5.49. The van der Waals surface area contributed by atoms with E-state index in [-0.39, 0.29) is 41.0 Å². The van der Waals surface area contributed by atoms with Crippen LogP contribution in [-0.4, -0.2) is 36.0 Å². The molecule has 0 aliphatic heterocycles. The maximum absolute atomic E-state index is 10.7. The summed E-state index contributed by atoms with van der Waals surface area (Å²) in [6, 6.07) is 2.31. The smallest absolute Gasteiger partial charge is 1.00 e. The third-order valence-corrected chi connectivity index (χ3v) is 3.58. The van der Waals surface area contributed by atoms with Gasteiger partial charge in [0, 0.05) is 0 Å². The molecule has 0 radical (unpaired) electrons. The fourth-order valence-electron chi connectivity index (χ4n) is 0.707. The van der Waals surface area contributed by atoms with E-state index in [1.165, 1.54) is 6.07 Å². The van der Waals surface area contributed by atoms with Crippen LogP contribution >= 0.6 is 34.8 Å². The zero-order chi connectivity index (χ0) is 10.2. The molecule has 0 heterocycles. The van der Waals surface area contributed by atoms with Crippen LogP contribution in [0.1, 0.15) is 2.85 Å². The summed E-state index contributed by atoms with van der Waals surface area (Å²) in [5.41, 5.74) is 0. The van der Waals surface area contributed by atoms with Gasteiger partial charge >= 0.3 is 23.1 Å². The van der Waals surface area contributed by atoms with Gasteiger partial charge in [0.15, 0.2) is 0 Å². The summed E-state index contributed by atoms with van der Waals surface area (Å²) >= 11 is 16.6. The number of rotatable bonds is 1. The van der Waals surface area contributed by atoms with E-state index in [0.717, 1.165) is 6.07 Å². The molecule has 0 unspecified atom stereocenters. The van der Waals surface area contributed by atoms with Crippen molar-refractivity contribution in [1.29, 1.82) is 0 Å². The summed E-state index contributed by atoms with van der Waals surface area (Å²) < 4.78 is 30.0. The van der Waals surface area contributed by atoms with Gasteiger partial charge in [-0.25, -0.2) is 0 Å². The zero-order valence-corrected chi connectivity index (χ0v) is 11.2. The van der Waals surface area contributed by atoms with Crippen molar-refractivity contribution in [1.82, 2.24) is 0 Å². The molecule has 1 aromatic rings. The molecule has 0 amide bonds. The van der Waals surface area contributed by atoms with Gasteiger partial charge in [0.25, 0.3) is 10.1 Å². The first kappa shape index (κ1) is 14.8. The molecule has 0 aliphatic carbocycles. The van der Waals surface area contributed by atoms with Crippen LogP contribution in [0.5, 0.6) is 0 Å². The quantitative estimate of drug-likeness (QED) is 0.491. The molecule has 0 saturated carbocycles. The molecule has 0 bridgehead atoms. The van der Waals surface area contributed by atoms with Gasteiger partial charge in [-0.1, -0.05) is 34.8 Å². The first-order valence-corrected chi connectivity index (χ1v) is 5.52. The molecule has 1 N–H and O–H groups in total. The first-order valence-electron chi connectivity index (χ1n) is 2.95. The minimum atomic E-state index is -4.35. The Morgan fingerprint density at radius 2 is 1.64 bits per heavy atom. The standard InChI is InChI=1S/C6H3Cl3O3S.Mg.2H/c7-3-1-2-4(13(10,11)12)6(9)5(3)8;;;/h1-2H,(H,10,11,12);;;/q;+2;2*-1. The monoisotopic (exact) mass is 286 g/mol. The minimum absolute atomic E-state index is 0. The molecule has 0 aromatic heterocycles. The molecule has 0 fully saturated rings. The third-order valence-electron chi connectivity index (χ3n) is 1.28. The van der Waals surface area contributed by atoms with Crippen LogP contribution in [0.4, 0.5) is 0 Å². The second-order valence-electron chi connectivity index (χ2n) is 2.15. The van der Waals surface area contributed by atoms with E-state index in [1.54, 1.807) is 0 Å². The van der Waals surface area contributed by atoms with Gasteiger partial charge in [-0.05, 0) is 12.1 Å². The molecule has 0 spiro atoms. The van der Waals surface area contributed by atoms with E-state index in [9.17, 15) is 8.42 Å². The number of benzene rings is 1. The number of hydrogen-bond acceptors (Lipinski definition) is 2. The summed E-state index contributed by atoms with van der Waals surface area (Å²) in [6.07, 6.45) is 0. The summed E-state index contributed by atoms with van der Waals surface area (Å²) in [5, 5.41) is -0.255. The summed E-state index contributed by atoms with van der Waals surface area (Å²) in [4.78, 5) is -0.455. The van der Waals surface area contributed by atoms with Crippen molar-refractivity contribution >= 4 is 68.0 Å². The fourth-order valence-corrected chi connectivity index (χ4v) is 2.16. The molecule has 8 heteroatoms. The zero-order valence-electron chi connectivity index (χ0n) is 8.67. The van der Waals surface area contributed by atoms with Gasteiger partial charge < -0.3 is 2.85 Å². The summed E-state index contributed by atoms with van der Waals surface area (Å²) in [6.45, 7) is 0. The van der Waals surface area contributed by atoms with Crippen molar-refractivity contribution in [2.45, 2.75) is 4.90 Å². The average Bonchev–Trinajstić information content (AvgIpc) is 1.98. The Bertz CT molecular complexity index is 455. The van der Waals surface area contributed by atoms with Crippen LogP contribution in [-0.2, 0) is 10.1 Å². The van der Waals surface area contributed by atoms with Gasteiger partial charge in [0.2, 0.25) is 0 Å². The Labute approximate surface area is 115 Å². The molecule has 0 aliphatic rings. The second-order valence-corrected chi connectivity index (χ2v) is 4.70. The van der Waals surface area contributed by atoms with Crippen molar-refractivity contribution in [2.24, 2.45) is 0 Å². The Morgan fingerprint density at radius 3 is 2.07 bits per heavy atom. The molecular weight excluding hydrogens is 283 g/mol.